The zero-order valence-corrected chi connectivity index (χ0v) is 15.9. The summed E-state index contributed by atoms with van der Waals surface area (Å²) in [7, 11) is 0. The molecule has 1 amide bonds. The number of aromatic nitrogens is 3. The summed E-state index contributed by atoms with van der Waals surface area (Å²) in [6, 6.07) is 11.3. The Bertz CT molecular complexity index is 1390. The van der Waals surface area contributed by atoms with E-state index in [1.54, 1.807) is 18.2 Å². The fraction of sp³-hybridized carbons (Fsp3) is 0. The lowest BCUT2D eigenvalue weighted by Gasteiger charge is -2.07. The quantitative estimate of drug-likeness (QED) is 0.460. The molecule has 0 unspecified atom stereocenters. The van der Waals surface area contributed by atoms with Crippen LogP contribution in [0.4, 0.5) is 10.1 Å². The van der Waals surface area contributed by atoms with E-state index >= 15 is 0 Å². The van der Waals surface area contributed by atoms with Gasteiger partial charge in [0.2, 0.25) is 0 Å². The second-order valence-corrected chi connectivity index (χ2v) is 6.90. The number of halogens is 3. The number of nitrogens with one attached hydrogen (secondary N) is 3. The molecule has 29 heavy (non-hydrogen) atoms. The summed E-state index contributed by atoms with van der Waals surface area (Å²) < 4.78 is 14.8. The molecular weight excluding hydrogens is 422 g/mol. The molecule has 0 atom stereocenters. The zero-order valence-electron chi connectivity index (χ0n) is 14.4. The number of anilines is 1. The van der Waals surface area contributed by atoms with Crippen molar-refractivity contribution in [3.05, 3.63) is 90.7 Å². The van der Waals surface area contributed by atoms with Crippen LogP contribution in [0.1, 0.15) is 10.4 Å². The van der Waals surface area contributed by atoms with Gasteiger partial charge in [-0.2, -0.15) is 4.52 Å². The van der Waals surface area contributed by atoms with Gasteiger partial charge in [0.15, 0.2) is 11.3 Å². The van der Waals surface area contributed by atoms with Crippen LogP contribution in [-0.2, 0) is 0 Å². The molecule has 3 N–H and O–H groups in total. The number of aromatic amines is 2. The third-order valence-electron chi connectivity index (χ3n) is 4.23. The zero-order chi connectivity index (χ0) is 20.7. The van der Waals surface area contributed by atoms with Crippen molar-refractivity contribution >= 4 is 40.4 Å². The molecule has 0 aliphatic rings. The molecule has 146 valence electrons. The first-order valence-electron chi connectivity index (χ1n) is 8.24. The number of carbonyl (C=O) groups is 1. The minimum absolute atomic E-state index is 0.00765. The summed E-state index contributed by atoms with van der Waals surface area (Å²) in [5.74, 6) is -1.57. The van der Waals surface area contributed by atoms with Crippen molar-refractivity contribution < 1.29 is 9.18 Å². The van der Waals surface area contributed by atoms with E-state index in [1.807, 2.05) is 0 Å². The van der Waals surface area contributed by atoms with E-state index < -0.39 is 22.8 Å². The highest BCUT2D eigenvalue weighted by Crippen LogP contribution is 2.27. The molecule has 0 saturated heterocycles. The SMILES string of the molecule is O=C(Nc1c(=O)[nH]n2c(=O)cc(-c3ccc(Cl)c(Cl)c3)[nH]c12)c1ccccc1F. The average molecular weight is 433 g/mol. The van der Waals surface area contributed by atoms with Gasteiger partial charge in [0, 0.05) is 6.07 Å². The van der Waals surface area contributed by atoms with E-state index in [4.69, 9.17) is 23.2 Å². The minimum Gasteiger partial charge on any atom is -0.338 e. The van der Waals surface area contributed by atoms with Gasteiger partial charge in [-0.15, -0.1) is 0 Å². The van der Waals surface area contributed by atoms with Crippen LogP contribution < -0.4 is 16.4 Å². The standard InChI is InChI=1S/C19H11Cl2FN4O3/c20-11-6-5-9(7-12(11)21)14-8-15(27)26-17(23-14)16(19(29)25-26)24-18(28)10-3-1-2-4-13(10)22/h1-8,23H,(H,24,28)(H,25,29). The number of benzene rings is 2. The lowest BCUT2D eigenvalue weighted by molar-refractivity contribution is 0.102. The second-order valence-electron chi connectivity index (χ2n) is 6.08. The van der Waals surface area contributed by atoms with E-state index in [-0.39, 0.29) is 21.9 Å². The molecule has 2 heterocycles. The fourth-order valence-corrected chi connectivity index (χ4v) is 3.13. The van der Waals surface area contributed by atoms with Crippen LogP contribution in [0.25, 0.3) is 16.9 Å². The van der Waals surface area contributed by atoms with Crippen LogP contribution in [0.15, 0.2) is 58.1 Å². The van der Waals surface area contributed by atoms with Gasteiger partial charge in [-0.25, -0.2) is 4.39 Å². The maximum Gasteiger partial charge on any atom is 0.290 e. The normalized spacial score (nSPS) is 11.0. The number of H-pyrrole nitrogens is 2. The van der Waals surface area contributed by atoms with Crippen molar-refractivity contribution in [1.82, 2.24) is 14.6 Å². The Hall–Kier alpha value is -3.36. The molecule has 0 radical (unpaired) electrons. The maximum atomic E-state index is 13.9. The van der Waals surface area contributed by atoms with E-state index in [0.717, 1.165) is 10.6 Å². The molecule has 0 aliphatic heterocycles. The van der Waals surface area contributed by atoms with Crippen molar-refractivity contribution in [1.29, 1.82) is 0 Å². The van der Waals surface area contributed by atoms with Crippen LogP contribution in [0.5, 0.6) is 0 Å². The van der Waals surface area contributed by atoms with Gasteiger partial charge in [-0.3, -0.25) is 19.5 Å². The van der Waals surface area contributed by atoms with Gasteiger partial charge in [0.1, 0.15) is 5.82 Å². The van der Waals surface area contributed by atoms with E-state index in [0.29, 0.717) is 16.3 Å². The molecule has 7 nitrogen and oxygen atoms in total. The van der Waals surface area contributed by atoms with Gasteiger partial charge in [0.25, 0.3) is 17.0 Å². The predicted octanol–water partition coefficient (Wildman–Crippen LogP) is 3.68. The van der Waals surface area contributed by atoms with Crippen LogP contribution in [0, 0.1) is 5.82 Å². The molecule has 10 heteroatoms. The van der Waals surface area contributed by atoms with Crippen molar-refractivity contribution in [2.75, 3.05) is 5.32 Å². The molecule has 0 bridgehead atoms. The van der Waals surface area contributed by atoms with Gasteiger partial charge in [-0.1, -0.05) is 41.4 Å². The summed E-state index contributed by atoms with van der Waals surface area (Å²) in [4.78, 5) is 40.1. The van der Waals surface area contributed by atoms with Crippen molar-refractivity contribution in [3.8, 4) is 11.3 Å². The Kier molecular flexibility index (Phi) is 4.73. The van der Waals surface area contributed by atoms with Crippen molar-refractivity contribution in [2.24, 2.45) is 0 Å². The predicted molar refractivity (Wildman–Crippen MR) is 108 cm³/mol. The van der Waals surface area contributed by atoms with Gasteiger partial charge in [-0.05, 0) is 29.8 Å². The topological polar surface area (TPSA) is 99.2 Å². The highest BCUT2D eigenvalue weighted by Gasteiger charge is 2.18. The van der Waals surface area contributed by atoms with Crippen molar-refractivity contribution in [3.63, 3.8) is 0 Å². The Balaban J connectivity index is 1.84. The van der Waals surface area contributed by atoms with E-state index in [2.05, 4.69) is 15.4 Å². The minimum atomic E-state index is -0.831. The number of carbonyl (C=O) groups excluding carboxylic acids is 1. The van der Waals surface area contributed by atoms with Crippen LogP contribution in [0.3, 0.4) is 0 Å². The first-order valence-corrected chi connectivity index (χ1v) is 9.00. The molecule has 0 saturated carbocycles. The lowest BCUT2D eigenvalue weighted by atomic mass is 10.1. The van der Waals surface area contributed by atoms with Crippen LogP contribution in [0.2, 0.25) is 10.0 Å². The third kappa shape index (κ3) is 3.43. The van der Waals surface area contributed by atoms with Gasteiger partial charge in [0.05, 0.1) is 21.3 Å². The Morgan fingerprint density at radius 2 is 1.79 bits per heavy atom. The average Bonchev–Trinajstić information content (AvgIpc) is 3.00. The summed E-state index contributed by atoms with van der Waals surface area (Å²) >= 11 is 11.9. The summed E-state index contributed by atoms with van der Waals surface area (Å²) in [5, 5.41) is 5.31. The molecule has 0 aliphatic carbocycles. The summed E-state index contributed by atoms with van der Waals surface area (Å²) in [6.07, 6.45) is 0. The van der Waals surface area contributed by atoms with E-state index in [1.165, 1.54) is 24.3 Å². The fourth-order valence-electron chi connectivity index (χ4n) is 2.83. The first kappa shape index (κ1) is 19.0. The Morgan fingerprint density at radius 3 is 2.52 bits per heavy atom. The molecular formula is C19H11Cl2FN4O3. The highest BCUT2D eigenvalue weighted by atomic mass is 35.5. The number of hydrogen-bond donors (Lipinski definition) is 3. The molecule has 0 spiro atoms. The molecule has 4 rings (SSSR count). The lowest BCUT2D eigenvalue weighted by Crippen LogP contribution is -2.18. The molecule has 2 aromatic heterocycles. The number of nitrogens with zero attached hydrogens (tertiary/aromatic N) is 1. The van der Waals surface area contributed by atoms with Crippen LogP contribution >= 0.6 is 23.2 Å². The smallest absolute Gasteiger partial charge is 0.290 e. The molecule has 4 aromatic rings. The Labute approximate surface area is 171 Å². The number of rotatable bonds is 3. The first-order chi connectivity index (χ1) is 13.8. The van der Waals surface area contributed by atoms with Gasteiger partial charge < -0.3 is 10.3 Å². The molecule has 2 aromatic carbocycles. The van der Waals surface area contributed by atoms with Crippen molar-refractivity contribution in [2.45, 2.75) is 0 Å². The van der Waals surface area contributed by atoms with Crippen LogP contribution in [-0.4, -0.2) is 20.5 Å². The monoisotopic (exact) mass is 432 g/mol. The highest BCUT2D eigenvalue weighted by molar-refractivity contribution is 6.42. The third-order valence-corrected chi connectivity index (χ3v) is 4.97. The summed E-state index contributed by atoms with van der Waals surface area (Å²) in [5.41, 5.74) is -0.856. The van der Waals surface area contributed by atoms with E-state index in [9.17, 15) is 18.8 Å². The second kappa shape index (κ2) is 7.23. The number of fused-ring (bicyclic) bond motifs is 1. The largest absolute Gasteiger partial charge is 0.338 e. The summed E-state index contributed by atoms with van der Waals surface area (Å²) in [6.45, 7) is 0. The van der Waals surface area contributed by atoms with Gasteiger partial charge >= 0.3 is 0 Å². The maximum absolute atomic E-state index is 13.9. The Morgan fingerprint density at radius 1 is 1.03 bits per heavy atom. The number of amides is 1. The number of hydrogen-bond acceptors (Lipinski definition) is 3. The molecule has 0 fully saturated rings.